The number of aromatic nitrogens is 1. The second-order valence-corrected chi connectivity index (χ2v) is 4.23. The Kier molecular flexibility index (Phi) is 2.87. The molecule has 0 saturated heterocycles. The number of rotatable bonds is 3. The number of hydrogen-bond donors (Lipinski definition) is 0. The van der Waals surface area contributed by atoms with Crippen LogP contribution in [0, 0.1) is 4.91 Å². The molecule has 3 nitrogen and oxygen atoms in total. The third-order valence-corrected chi connectivity index (χ3v) is 3.30. The van der Waals surface area contributed by atoms with E-state index in [4.69, 9.17) is 0 Å². The van der Waals surface area contributed by atoms with Crippen LogP contribution < -0.4 is 0 Å². The smallest absolute Gasteiger partial charge is 0.108 e. The first-order chi connectivity index (χ1) is 7.33. The minimum atomic E-state index is 0.457. The van der Waals surface area contributed by atoms with Gasteiger partial charge in [-0.1, -0.05) is 19.1 Å². The predicted octanol–water partition coefficient (Wildman–Crippen LogP) is 3.77. The summed E-state index contributed by atoms with van der Waals surface area (Å²) in [6, 6.07) is 7.22. The summed E-state index contributed by atoms with van der Waals surface area (Å²) in [5, 5.41) is 3.99. The molecular weight excluding hydrogens is 208 g/mol. The van der Waals surface area contributed by atoms with Crippen LogP contribution in [0.25, 0.3) is 10.4 Å². The number of nitroso groups, excluding NO2 is 1. The standard InChI is InChI=1S/C11H10N2OS/c1-2-11-12-7-10(15-11)8-3-5-9(13-14)6-4-8/h3-7H,2H2,1H3. The molecule has 1 aromatic heterocycles. The zero-order chi connectivity index (χ0) is 10.7. The van der Waals surface area contributed by atoms with Crippen LogP contribution in [0.15, 0.2) is 35.6 Å². The highest BCUT2D eigenvalue weighted by atomic mass is 32.1. The molecule has 2 rings (SSSR count). The Labute approximate surface area is 91.8 Å². The summed E-state index contributed by atoms with van der Waals surface area (Å²) in [5.41, 5.74) is 1.54. The summed E-state index contributed by atoms with van der Waals surface area (Å²) in [4.78, 5) is 15.7. The molecule has 0 spiro atoms. The molecule has 0 bridgehead atoms. The molecule has 0 radical (unpaired) electrons. The molecule has 0 N–H and O–H groups in total. The monoisotopic (exact) mass is 218 g/mol. The van der Waals surface area contributed by atoms with Gasteiger partial charge in [-0.25, -0.2) is 4.98 Å². The molecule has 4 heteroatoms. The largest absolute Gasteiger partial charge is 0.249 e. The summed E-state index contributed by atoms with van der Waals surface area (Å²) in [6.07, 6.45) is 2.82. The highest BCUT2D eigenvalue weighted by molar-refractivity contribution is 7.15. The molecule has 2 aromatic rings. The van der Waals surface area contributed by atoms with Crippen LogP contribution in [0.5, 0.6) is 0 Å². The Morgan fingerprint density at radius 3 is 2.60 bits per heavy atom. The van der Waals surface area contributed by atoms with E-state index in [0.717, 1.165) is 21.9 Å². The van der Waals surface area contributed by atoms with E-state index in [9.17, 15) is 4.91 Å². The second-order valence-electron chi connectivity index (χ2n) is 3.11. The third-order valence-electron chi connectivity index (χ3n) is 2.11. The molecule has 0 fully saturated rings. The third kappa shape index (κ3) is 2.10. The van der Waals surface area contributed by atoms with Gasteiger partial charge in [-0.15, -0.1) is 16.2 Å². The number of benzene rings is 1. The van der Waals surface area contributed by atoms with Crippen LogP contribution in [0.1, 0.15) is 11.9 Å². The van der Waals surface area contributed by atoms with Crippen molar-refractivity contribution in [3.05, 3.63) is 40.4 Å². The van der Waals surface area contributed by atoms with Crippen LogP contribution in [0.3, 0.4) is 0 Å². The van der Waals surface area contributed by atoms with Crippen LogP contribution >= 0.6 is 11.3 Å². The first kappa shape index (κ1) is 9.98. The molecule has 0 aliphatic heterocycles. The van der Waals surface area contributed by atoms with Crippen molar-refractivity contribution in [3.63, 3.8) is 0 Å². The highest BCUT2D eigenvalue weighted by Crippen LogP contribution is 2.27. The lowest BCUT2D eigenvalue weighted by Crippen LogP contribution is -1.70. The molecule has 1 heterocycles. The van der Waals surface area contributed by atoms with E-state index >= 15 is 0 Å². The van der Waals surface area contributed by atoms with E-state index in [-0.39, 0.29) is 0 Å². The first-order valence-electron chi connectivity index (χ1n) is 4.72. The van der Waals surface area contributed by atoms with Gasteiger partial charge < -0.3 is 0 Å². The fourth-order valence-corrected chi connectivity index (χ4v) is 2.16. The normalized spacial score (nSPS) is 10.2. The summed E-state index contributed by atoms with van der Waals surface area (Å²) >= 11 is 1.68. The van der Waals surface area contributed by atoms with Gasteiger partial charge in [0, 0.05) is 6.20 Å². The maximum absolute atomic E-state index is 10.2. The van der Waals surface area contributed by atoms with E-state index in [1.165, 1.54) is 0 Å². The summed E-state index contributed by atoms with van der Waals surface area (Å²) in [6.45, 7) is 2.09. The number of nitrogens with zero attached hydrogens (tertiary/aromatic N) is 2. The van der Waals surface area contributed by atoms with Gasteiger partial charge in [0.05, 0.1) is 9.88 Å². The lowest BCUT2D eigenvalue weighted by molar-refractivity contribution is 1.09. The summed E-state index contributed by atoms with van der Waals surface area (Å²) in [7, 11) is 0. The van der Waals surface area contributed by atoms with Crippen molar-refractivity contribution in [1.29, 1.82) is 0 Å². The Morgan fingerprint density at radius 1 is 1.33 bits per heavy atom. The van der Waals surface area contributed by atoms with E-state index < -0.39 is 0 Å². The van der Waals surface area contributed by atoms with Crippen molar-refractivity contribution >= 4 is 17.0 Å². The molecule has 0 aliphatic carbocycles. The van der Waals surface area contributed by atoms with Crippen molar-refractivity contribution in [3.8, 4) is 10.4 Å². The summed E-state index contributed by atoms with van der Waals surface area (Å²) < 4.78 is 0. The molecule has 15 heavy (non-hydrogen) atoms. The fraction of sp³-hybridized carbons (Fsp3) is 0.182. The molecular formula is C11H10N2OS. The zero-order valence-electron chi connectivity index (χ0n) is 8.30. The van der Waals surface area contributed by atoms with E-state index in [1.807, 2.05) is 18.3 Å². The van der Waals surface area contributed by atoms with E-state index in [0.29, 0.717) is 5.69 Å². The second kappa shape index (κ2) is 4.31. The maximum atomic E-state index is 10.2. The average Bonchev–Trinajstić information content (AvgIpc) is 2.78. The molecule has 76 valence electrons. The van der Waals surface area contributed by atoms with Crippen LogP contribution in [-0.4, -0.2) is 4.98 Å². The molecule has 0 atom stereocenters. The van der Waals surface area contributed by atoms with Gasteiger partial charge in [0.25, 0.3) is 0 Å². The SMILES string of the molecule is CCc1ncc(-c2ccc(N=O)cc2)s1. The van der Waals surface area contributed by atoms with Gasteiger partial charge in [0.15, 0.2) is 0 Å². The van der Waals surface area contributed by atoms with Crippen LogP contribution in [0.4, 0.5) is 5.69 Å². The lowest BCUT2D eigenvalue weighted by Gasteiger charge is -1.95. The Bertz CT molecular complexity index is 462. The summed E-state index contributed by atoms with van der Waals surface area (Å²) in [5.74, 6) is 0. The lowest BCUT2D eigenvalue weighted by atomic mass is 10.2. The van der Waals surface area contributed by atoms with Gasteiger partial charge in [-0.05, 0) is 29.3 Å². The van der Waals surface area contributed by atoms with E-state index in [2.05, 4.69) is 17.1 Å². The quantitative estimate of drug-likeness (QED) is 0.736. The number of hydrogen-bond acceptors (Lipinski definition) is 4. The van der Waals surface area contributed by atoms with Gasteiger partial charge in [-0.2, -0.15) is 0 Å². The van der Waals surface area contributed by atoms with Gasteiger partial charge in [0.1, 0.15) is 5.69 Å². The van der Waals surface area contributed by atoms with Crippen molar-refractivity contribution in [1.82, 2.24) is 4.98 Å². The Balaban J connectivity index is 2.32. The van der Waals surface area contributed by atoms with Crippen molar-refractivity contribution in [2.45, 2.75) is 13.3 Å². The number of thiazole rings is 1. The van der Waals surface area contributed by atoms with Gasteiger partial charge >= 0.3 is 0 Å². The molecule has 0 unspecified atom stereocenters. The highest BCUT2D eigenvalue weighted by Gasteiger charge is 2.02. The Morgan fingerprint density at radius 2 is 2.07 bits per heavy atom. The zero-order valence-corrected chi connectivity index (χ0v) is 9.12. The number of aryl methyl sites for hydroxylation is 1. The van der Waals surface area contributed by atoms with Crippen molar-refractivity contribution < 1.29 is 0 Å². The van der Waals surface area contributed by atoms with Gasteiger partial charge in [0.2, 0.25) is 0 Å². The minimum Gasteiger partial charge on any atom is -0.249 e. The Hall–Kier alpha value is -1.55. The van der Waals surface area contributed by atoms with Crippen molar-refractivity contribution in [2.75, 3.05) is 0 Å². The predicted molar refractivity (Wildman–Crippen MR) is 62.4 cm³/mol. The van der Waals surface area contributed by atoms with Crippen molar-refractivity contribution in [2.24, 2.45) is 5.18 Å². The van der Waals surface area contributed by atoms with Gasteiger partial charge in [-0.3, -0.25) is 0 Å². The molecule has 0 aliphatic rings. The van der Waals surface area contributed by atoms with E-state index in [1.54, 1.807) is 23.5 Å². The van der Waals surface area contributed by atoms with Crippen LogP contribution in [0.2, 0.25) is 0 Å². The molecule has 1 aromatic carbocycles. The fourth-order valence-electron chi connectivity index (χ4n) is 1.29. The maximum Gasteiger partial charge on any atom is 0.108 e. The first-order valence-corrected chi connectivity index (χ1v) is 5.53. The topological polar surface area (TPSA) is 42.3 Å². The molecule has 0 amide bonds. The molecule has 0 saturated carbocycles. The minimum absolute atomic E-state index is 0.457. The average molecular weight is 218 g/mol. The van der Waals surface area contributed by atoms with Crippen LogP contribution in [-0.2, 0) is 6.42 Å².